The molecule has 0 spiro atoms. The fourth-order valence-electron chi connectivity index (χ4n) is 6.07. The van der Waals surface area contributed by atoms with Gasteiger partial charge >= 0.3 is 0 Å². The first-order chi connectivity index (χ1) is 13.3. The Morgan fingerprint density at radius 2 is 1.59 bits per heavy atom. The Morgan fingerprint density at radius 1 is 0.889 bits per heavy atom. The van der Waals surface area contributed by atoms with Crippen molar-refractivity contribution in [2.75, 3.05) is 4.90 Å². The lowest BCUT2D eigenvalue weighted by Crippen LogP contribution is -2.58. The van der Waals surface area contributed by atoms with Crippen LogP contribution in [0.2, 0.25) is 0 Å². The number of allylic oxidation sites excluding steroid dienone is 1. The van der Waals surface area contributed by atoms with E-state index in [0.29, 0.717) is 0 Å². The summed E-state index contributed by atoms with van der Waals surface area (Å²) in [5.41, 5.74) is 8.43. The molecule has 3 aliphatic heterocycles. The van der Waals surface area contributed by atoms with Crippen molar-refractivity contribution in [2.24, 2.45) is 0 Å². The Kier molecular flexibility index (Phi) is 3.15. The molecule has 0 radical (unpaired) electrons. The highest BCUT2D eigenvalue weighted by Crippen LogP contribution is 2.59. The molecule has 3 heteroatoms. The van der Waals surface area contributed by atoms with E-state index in [9.17, 15) is 4.79 Å². The third-order valence-corrected chi connectivity index (χ3v) is 7.00. The average Bonchev–Trinajstić information content (AvgIpc) is 2.86. The van der Waals surface area contributed by atoms with Crippen molar-refractivity contribution in [1.29, 1.82) is 0 Å². The van der Waals surface area contributed by atoms with Gasteiger partial charge in [-0.3, -0.25) is 4.79 Å². The van der Waals surface area contributed by atoms with Crippen molar-refractivity contribution in [1.82, 2.24) is 4.90 Å². The number of amides is 1. The number of para-hydroxylation sites is 1. The summed E-state index contributed by atoms with van der Waals surface area (Å²) in [6, 6.07) is 17.8. The molecule has 2 aromatic carbocycles. The third-order valence-electron chi connectivity index (χ3n) is 7.00. The quantitative estimate of drug-likeness (QED) is 0.656. The van der Waals surface area contributed by atoms with Crippen LogP contribution in [0.4, 0.5) is 5.69 Å². The molecule has 1 aliphatic carbocycles. The van der Waals surface area contributed by atoms with Crippen molar-refractivity contribution in [3.05, 3.63) is 76.5 Å². The zero-order valence-corrected chi connectivity index (χ0v) is 15.7. The van der Waals surface area contributed by atoms with Gasteiger partial charge in [-0.1, -0.05) is 48.9 Å². The molecule has 0 aromatic heterocycles. The lowest BCUT2D eigenvalue weighted by Gasteiger charge is -2.53. The van der Waals surface area contributed by atoms with Gasteiger partial charge in [0.05, 0.1) is 12.0 Å². The van der Waals surface area contributed by atoms with Crippen LogP contribution in [0, 0.1) is 0 Å². The molecule has 6 rings (SSSR count). The number of rotatable bonds is 0. The van der Waals surface area contributed by atoms with Gasteiger partial charge in [0.25, 0.3) is 0 Å². The van der Waals surface area contributed by atoms with E-state index in [1.54, 1.807) is 6.92 Å². The third kappa shape index (κ3) is 1.90. The summed E-state index contributed by atoms with van der Waals surface area (Å²) in [5.74, 6) is 0.438. The van der Waals surface area contributed by atoms with Gasteiger partial charge in [0.15, 0.2) is 0 Å². The van der Waals surface area contributed by atoms with Gasteiger partial charge in [0, 0.05) is 18.3 Å². The van der Waals surface area contributed by atoms with Gasteiger partial charge in [-0.25, -0.2) is 0 Å². The molecule has 3 heterocycles. The molecule has 4 aliphatic rings. The van der Waals surface area contributed by atoms with Crippen LogP contribution < -0.4 is 4.90 Å². The molecule has 3 atom stereocenters. The molecule has 2 bridgehead atoms. The van der Waals surface area contributed by atoms with Gasteiger partial charge in [0.1, 0.15) is 6.17 Å². The fraction of sp³-hybridized carbons (Fsp3) is 0.375. The van der Waals surface area contributed by atoms with Gasteiger partial charge in [0.2, 0.25) is 5.91 Å². The van der Waals surface area contributed by atoms with E-state index in [0.717, 1.165) is 12.8 Å². The highest BCUT2D eigenvalue weighted by molar-refractivity contribution is 5.81. The summed E-state index contributed by atoms with van der Waals surface area (Å²) in [4.78, 5) is 17.7. The second-order valence-corrected chi connectivity index (χ2v) is 8.31. The number of nitrogens with zero attached hydrogens (tertiary/aromatic N) is 2. The first kappa shape index (κ1) is 15.5. The number of benzene rings is 2. The Bertz CT molecular complexity index is 991. The van der Waals surface area contributed by atoms with Crippen LogP contribution in [-0.2, 0) is 4.79 Å². The Labute approximate surface area is 160 Å². The maximum absolute atomic E-state index is 12.9. The van der Waals surface area contributed by atoms with Crippen LogP contribution in [0.5, 0.6) is 0 Å². The monoisotopic (exact) mass is 356 g/mol. The predicted molar refractivity (Wildman–Crippen MR) is 106 cm³/mol. The van der Waals surface area contributed by atoms with E-state index >= 15 is 0 Å². The molecule has 27 heavy (non-hydrogen) atoms. The van der Waals surface area contributed by atoms with Crippen molar-refractivity contribution >= 4 is 11.6 Å². The number of hydrogen-bond donors (Lipinski definition) is 0. The highest BCUT2D eigenvalue weighted by atomic mass is 16.2. The molecule has 1 amide bonds. The van der Waals surface area contributed by atoms with Gasteiger partial charge in [-0.15, -0.1) is 0 Å². The van der Waals surface area contributed by atoms with Crippen molar-refractivity contribution < 1.29 is 4.79 Å². The summed E-state index contributed by atoms with van der Waals surface area (Å²) in [6.45, 7) is 1.75. The molecule has 0 N–H and O–H groups in total. The highest BCUT2D eigenvalue weighted by Gasteiger charge is 2.55. The van der Waals surface area contributed by atoms with Crippen molar-refractivity contribution in [2.45, 2.75) is 57.2 Å². The largest absolute Gasteiger partial charge is 0.323 e. The van der Waals surface area contributed by atoms with Crippen molar-refractivity contribution in [3.8, 4) is 0 Å². The zero-order chi connectivity index (χ0) is 18.1. The smallest absolute Gasteiger partial charge is 0.221 e. The Hall–Kier alpha value is -2.55. The molecule has 3 nitrogen and oxygen atoms in total. The van der Waals surface area contributed by atoms with Crippen LogP contribution >= 0.6 is 0 Å². The second-order valence-electron chi connectivity index (χ2n) is 8.31. The zero-order valence-electron chi connectivity index (χ0n) is 15.7. The average molecular weight is 356 g/mol. The minimum atomic E-state index is 0.0941. The minimum absolute atomic E-state index is 0.0941. The summed E-state index contributed by atoms with van der Waals surface area (Å²) < 4.78 is 0. The molecule has 136 valence electrons. The maximum Gasteiger partial charge on any atom is 0.221 e. The fourth-order valence-corrected chi connectivity index (χ4v) is 6.07. The SMILES string of the molecule is CC(=O)N1C2[C@H]3c4ccccc4[C@H]1C1=C(CCCCC1)N2c1ccccc13. The van der Waals surface area contributed by atoms with Crippen LogP contribution in [0.1, 0.15) is 67.7 Å². The number of carbonyl (C=O) groups is 1. The van der Waals surface area contributed by atoms with Crippen LogP contribution in [0.25, 0.3) is 0 Å². The molecule has 0 saturated heterocycles. The molecular weight excluding hydrogens is 332 g/mol. The van der Waals surface area contributed by atoms with E-state index in [2.05, 4.69) is 58.3 Å². The van der Waals surface area contributed by atoms with E-state index in [1.165, 1.54) is 52.9 Å². The first-order valence-corrected chi connectivity index (χ1v) is 10.2. The lowest BCUT2D eigenvalue weighted by atomic mass is 9.76. The summed E-state index contributed by atoms with van der Waals surface area (Å²) >= 11 is 0. The lowest BCUT2D eigenvalue weighted by molar-refractivity contribution is -0.134. The topological polar surface area (TPSA) is 23.6 Å². The Morgan fingerprint density at radius 3 is 2.41 bits per heavy atom. The van der Waals surface area contributed by atoms with Crippen LogP contribution in [0.15, 0.2) is 59.8 Å². The van der Waals surface area contributed by atoms with Crippen molar-refractivity contribution in [3.63, 3.8) is 0 Å². The maximum atomic E-state index is 12.9. The molecule has 0 fully saturated rings. The molecule has 1 unspecified atom stereocenters. The second kappa shape index (κ2) is 5.48. The number of carbonyl (C=O) groups excluding carboxylic acids is 1. The minimum Gasteiger partial charge on any atom is -0.323 e. The summed E-state index contributed by atoms with van der Waals surface area (Å²) in [7, 11) is 0. The first-order valence-electron chi connectivity index (χ1n) is 10.2. The summed E-state index contributed by atoms with van der Waals surface area (Å²) in [5, 5.41) is 0. The van der Waals surface area contributed by atoms with E-state index in [1.807, 2.05) is 0 Å². The van der Waals surface area contributed by atoms with Gasteiger partial charge < -0.3 is 9.80 Å². The number of anilines is 1. The number of fused-ring (bicyclic) bond motifs is 9. The number of hydrogen-bond acceptors (Lipinski definition) is 2. The van der Waals surface area contributed by atoms with E-state index in [4.69, 9.17) is 0 Å². The standard InChI is InChI=1S/C24H24N2O/c1-15(27)25-23-17-10-6-5-9-16(17)22-18-11-7-8-14-20(18)26(24(22)25)21-13-4-2-3-12-19(21)23/h5-11,14,22-24H,2-4,12-13H2,1H3/t22-,23-,24?/m0/s1. The van der Waals surface area contributed by atoms with Gasteiger partial charge in [-0.05, 0) is 54.0 Å². The van der Waals surface area contributed by atoms with Gasteiger partial charge in [-0.2, -0.15) is 0 Å². The molecule has 0 saturated carbocycles. The van der Waals surface area contributed by atoms with E-state index < -0.39 is 0 Å². The summed E-state index contributed by atoms with van der Waals surface area (Å²) in [6.07, 6.45) is 6.10. The molecular formula is C24H24N2O. The normalized spacial score (nSPS) is 27.7. The van der Waals surface area contributed by atoms with Crippen LogP contribution in [-0.4, -0.2) is 17.0 Å². The Balaban J connectivity index is 1.73. The van der Waals surface area contributed by atoms with Crippen LogP contribution in [0.3, 0.4) is 0 Å². The predicted octanol–water partition coefficient (Wildman–Crippen LogP) is 5.10. The molecule has 2 aromatic rings. The van der Waals surface area contributed by atoms with E-state index in [-0.39, 0.29) is 24.0 Å².